The zero-order chi connectivity index (χ0) is 16.1. The molecule has 0 aliphatic rings. The van der Waals surface area contributed by atoms with E-state index in [1.54, 1.807) is 0 Å². The quantitative estimate of drug-likeness (QED) is 0.521. The van der Waals surface area contributed by atoms with Crippen molar-refractivity contribution in [2.75, 3.05) is 0 Å². The van der Waals surface area contributed by atoms with Crippen molar-refractivity contribution in [2.24, 2.45) is 0 Å². The van der Waals surface area contributed by atoms with Crippen LogP contribution in [0.2, 0.25) is 0 Å². The van der Waals surface area contributed by atoms with E-state index in [1.165, 1.54) is 5.30 Å². The molecule has 3 aromatic rings. The number of benzene rings is 3. The van der Waals surface area contributed by atoms with E-state index in [2.05, 4.69) is 57.4 Å². The second kappa shape index (κ2) is 7.60. The maximum Gasteiger partial charge on any atom is 0.341 e. The lowest BCUT2D eigenvalue weighted by Crippen LogP contribution is -2.23. The second-order valence-corrected chi connectivity index (χ2v) is 7.37. The van der Waals surface area contributed by atoms with Gasteiger partial charge >= 0.3 is 21.0 Å². The Morgan fingerprint density at radius 3 is 1.48 bits per heavy atom. The first-order valence-electron chi connectivity index (χ1n) is 7.05. The van der Waals surface area contributed by atoms with E-state index in [4.69, 9.17) is 8.85 Å². The molecule has 0 aliphatic heterocycles. The molecule has 0 bridgehead atoms. The third-order valence-corrected chi connectivity index (χ3v) is 6.40. The maximum absolute atomic E-state index is 5.41. The van der Waals surface area contributed by atoms with E-state index in [0.717, 1.165) is 22.1 Å². The molecule has 0 atom stereocenters. The highest BCUT2D eigenvalue weighted by molar-refractivity contribution is 7.80. The Balaban J connectivity index is 2.23. The molecule has 0 N–H and O–H groups in total. The molecule has 0 aromatic heterocycles. The van der Waals surface area contributed by atoms with Crippen LogP contribution in [0.25, 0.3) is 0 Å². The first kappa shape index (κ1) is 16.0. The van der Waals surface area contributed by atoms with E-state index in [1.807, 2.05) is 42.5 Å². The number of rotatable bonds is 5. The predicted molar refractivity (Wildman–Crippen MR) is 97.9 cm³/mol. The van der Waals surface area contributed by atoms with Gasteiger partial charge in [-0.2, -0.15) is 0 Å². The smallest absolute Gasteiger partial charge is 0.341 e. The summed E-state index contributed by atoms with van der Waals surface area (Å²) in [5.41, 5.74) is 0. The molecule has 3 aromatic carbocycles. The molecular weight excluding hydrogens is 335 g/mol. The van der Waals surface area contributed by atoms with Gasteiger partial charge in [0.05, 0.1) is 0 Å². The van der Waals surface area contributed by atoms with E-state index in [9.17, 15) is 0 Å². The van der Waals surface area contributed by atoms with Gasteiger partial charge in [0.25, 0.3) is 0 Å². The van der Waals surface area contributed by atoms with Gasteiger partial charge in [-0.25, -0.2) is 0 Å². The highest BCUT2D eigenvalue weighted by Gasteiger charge is 2.22. The third-order valence-electron chi connectivity index (χ3n) is 3.45. The topological polar surface area (TPSA) is 18.5 Å². The van der Waals surface area contributed by atoms with Crippen LogP contribution >= 0.6 is 7.92 Å². The van der Waals surface area contributed by atoms with Gasteiger partial charge in [0.2, 0.25) is 0 Å². The highest BCUT2D eigenvalue weighted by atomic mass is 31.1. The second-order valence-electron chi connectivity index (χ2n) is 4.81. The van der Waals surface area contributed by atoms with Gasteiger partial charge in [0, 0.05) is 10.6 Å². The molecule has 5 heteroatoms. The zero-order valence-electron chi connectivity index (χ0n) is 12.3. The van der Waals surface area contributed by atoms with Crippen molar-refractivity contribution in [3.05, 3.63) is 78.9 Å². The highest BCUT2D eigenvalue weighted by Crippen LogP contribution is 2.39. The van der Waals surface area contributed by atoms with Crippen molar-refractivity contribution in [1.29, 1.82) is 0 Å². The molecule has 0 saturated heterocycles. The average Bonchev–Trinajstić information content (AvgIpc) is 2.64. The van der Waals surface area contributed by atoms with Crippen molar-refractivity contribution >= 4 is 44.8 Å². The van der Waals surface area contributed by atoms with Crippen LogP contribution in [0, 0.1) is 0 Å². The Kier molecular flexibility index (Phi) is 5.28. The zero-order valence-corrected chi connectivity index (χ0v) is 15.2. The van der Waals surface area contributed by atoms with Crippen LogP contribution in [0.15, 0.2) is 78.9 Å². The fraction of sp³-hybridized carbons (Fsp3) is 0. The molecule has 0 heterocycles. The summed E-state index contributed by atoms with van der Waals surface area (Å²) in [7, 11) is 5.55. The molecule has 0 spiro atoms. The van der Waals surface area contributed by atoms with Crippen molar-refractivity contribution in [1.82, 2.24) is 0 Å². The SMILES string of the molecule is [Si]Oc1ccccc1P(c1ccccc1)c1ccccc1O[Si]. The van der Waals surface area contributed by atoms with Crippen molar-refractivity contribution in [2.45, 2.75) is 0 Å². The molecule has 6 radical (unpaired) electrons. The molecule has 0 amide bonds. The summed E-state index contributed by atoms with van der Waals surface area (Å²) in [5.74, 6) is 1.62. The molecule has 110 valence electrons. The van der Waals surface area contributed by atoms with E-state index >= 15 is 0 Å². The average molecular weight is 348 g/mol. The van der Waals surface area contributed by atoms with Gasteiger partial charge in [0.15, 0.2) is 0 Å². The first-order valence-corrected chi connectivity index (χ1v) is 9.21. The summed E-state index contributed by atoms with van der Waals surface area (Å²) in [6.07, 6.45) is 0. The fourth-order valence-electron chi connectivity index (χ4n) is 2.44. The van der Waals surface area contributed by atoms with Crippen LogP contribution < -0.4 is 24.8 Å². The molecule has 23 heavy (non-hydrogen) atoms. The van der Waals surface area contributed by atoms with E-state index in [0.29, 0.717) is 0 Å². The first-order chi connectivity index (χ1) is 11.3. The van der Waals surface area contributed by atoms with Gasteiger partial charge in [0.1, 0.15) is 11.5 Å². The lowest BCUT2D eigenvalue weighted by atomic mass is 10.3. The molecule has 0 unspecified atom stereocenters. The number of hydrogen-bond donors (Lipinski definition) is 0. The van der Waals surface area contributed by atoms with Crippen LogP contribution in [-0.4, -0.2) is 21.0 Å². The normalized spacial score (nSPS) is 10.6. The van der Waals surface area contributed by atoms with Crippen molar-refractivity contribution < 1.29 is 8.85 Å². The molecular formula is C18H13O2PSi2. The summed E-state index contributed by atoms with van der Waals surface area (Å²) in [5, 5.41) is 3.48. The van der Waals surface area contributed by atoms with Crippen LogP contribution in [-0.2, 0) is 0 Å². The van der Waals surface area contributed by atoms with Gasteiger partial charge in [-0.3, -0.25) is 0 Å². The van der Waals surface area contributed by atoms with Crippen LogP contribution in [0.1, 0.15) is 0 Å². The third kappa shape index (κ3) is 3.40. The molecule has 0 saturated carbocycles. The van der Waals surface area contributed by atoms with Crippen molar-refractivity contribution in [3.63, 3.8) is 0 Å². The lowest BCUT2D eigenvalue weighted by Gasteiger charge is -2.23. The van der Waals surface area contributed by atoms with Gasteiger partial charge in [-0.1, -0.05) is 66.7 Å². The summed E-state index contributed by atoms with van der Waals surface area (Å²) < 4.78 is 10.8. The van der Waals surface area contributed by atoms with Gasteiger partial charge in [-0.05, 0) is 25.4 Å². The minimum Gasteiger partial charge on any atom is -0.540 e. The summed E-state index contributed by atoms with van der Waals surface area (Å²) >= 11 is 0. The Bertz CT molecular complexity index is 733. The lowest BCUT2D eigenvalue weighted by molar-refractivity contribution is 0.620. The largest absolute Gasteiger partial charge is 0.540 e. The Hall–Kier alpha value is -1.88. The minimum absolute atomic E-state index is 0.808. The van der Waals surface area contributed by atoms with E-state index in [-0.39, 0.29) is 0 Å². The van der Waals surface area contributed by atoms with Crippen LogP contribution in [0.4, 0.5) is 0 Å². The maximum atomic E-state index is 5.41. The predicted octanol–water partition coefficient (Wildman–Crippen LogP) is 2.37. The Morgan fingerprint density at radius 1 is 0.565 bits per heavy atom. The summed E-state index contributed by atoms with van der Waals surface area (Å²) in [6.45, 7) is 0. The van der Waals surface area contributed by atoms with E-state index < -0.39 is 7.92 Å². The van der Waals surface area contributed by atoms with Crippen LogP contribution in [0.3, 0.4) is 0 Å². The number of hydrogen-bond acceptors (Lipinski definition) is 2. The fourth-order valence-corrected chi connectivity index (χ4v) is 5.41. The molecule has 0 aliphatic carbocycles. The monoisotopic (exact) mass is 348 g/mol. The Labute approximate surface area is 144 Å². The van der Waals surface area contributed by atoms with Crippen LogP contribution in [0.5, 0.6) is 11.5 Å². The molecule has 3 rings (SSSR count). The molecule has 2 nitrogen and oxygen atoms in total. The summed E-state index contributed by atoms with van der Waals surface area (Å²) in [4.78, 5) is 0. The molecule has 0 fully saturated rings. The number of para-hydroxylation sites is 2. The Morgan fingerprint density at radius 2 is 1.00 bits per heavy atom. The van der Waals surface area contributed by atoms with Crippen molar-refractivity contribution in [3.8, 4) is 11.5 Å². The minimum atomic E-state index is -0.811. The van der Waals surface area contributed by atoms with Gasteiger partial charge < -0.3 is 8.85 Å². The standard InChI is InChI=1S/C18H13O2PSi2/c22-19-15-10-4-6-12-17(15)21(14-8-2-1-3-9-14)18-13-7-5-11-16(18)20-23/h1-13H. The summed E-state index contributed by atoms with van der Waals surface area (Å²) in [6, 6.07) is 26.5. The van der Waals surface area contributed by atoms with Gasteiger partial charge in [-0.15, -0.1) is 0 Å².